The topological polar surface area (TPSA) is 37.3 Å². The second kappa shape index (κ2) is 3.89. The Labute approximate surface area is 94.1 Å². The van der Waals surface area contributed by atoms with Crippen molar-refractivity contribution in [2.75, 3.05) is 0 Å². The molecular formula is C13H15FO2. The van der Waals surface area contributed by atoms with Crippen LogP contribution in [-0.4, -0.2) is 11.1 Å². The van der Waals surface area contributed by atoms with Crippen LogP contribution in [0.2, 0.25) is 0 Å². The number of hydrogen-bond donors (Lipinski definition) is 1. The summed E-state index contributed by atoms with van der Waals surface area (Å²) in [5.41, 5.74) is 1.50. The second-order valence-electron chi connectivity index (χ2n) is 4.55. The SMILES string of the molecule is CCc1cc(F)cc(C2(CC(=O)O)CC2)c1. The zero-order chi connectivity index (χ0) is 11.8. The van der Waals surface area contributed by atoms with Crippen LogP contribution >= 0.6 is 0 Å². The smallest absolute Gasteiger partial charge is 0.304 e. The average Bonchev–Trinajstić information content (AvgIpc) is 2.97. The van der Waals surface area contributed by atoms with Gasteiger partial charge in [-0.3, -0.25) is 4.79 Å². The van der Waals surface area contributed by atoms with Crippen molar-refractivity contribution in [2.45, 2.75) is 38.0 Å². The van der Waals surface area contributed by atoms with Crippen LogP contribution in [0.25, 0.3) is 0 Å². The Bertz CT molecular complexity index is 422. The predicted octanol–water partition coefficient (Wildman–Crippen LogP) is 2.89. The Balaban J connectivity index is 2.33. The summed E-state index contributed by atoms with van der Waals surface area (Å²) in [4.78, 5) is 10.8. The van der Waals surface area contributed by atoms with E-state index < -0.39 is 5.97 Å². The van der Waals surface area contributed by atoms with Gasteiger partial charge in [0.25, 0.3) is 0 Å². The molecule has 0 amide bonds. The van der Waals surface area contributed by atoms with Crippen LogP contribution in [0.15, 0.2) is 18.2 Å². The number of carbonyl (C=O) groups is 1. The molecule has 1 saturated carbocycles. The maximum atomic E-state index is 13.4. The van der Waals surface area contributed by atoms with E-state index in [2.05, 4.69) is 0 Å². The molecule has 2 nitrogen and oxygen atoms in total. The lowest BCUT2D eigenvalue weighted by atomic mass is 9.90. The quantitative estimate of drug-likeness (QED) is 0.850. The van der Waals surface area contributed by atoms with E-state index in [-0.39, 0.29) is 17.7 Å². The average molecular weight is 222 g/mol. The molecule has 1 aliphatic carbocycles. The van der Waals surface area contributed by atoms with Crippen molar-refractivity contribution in [3.8, 4) is 0 Å². The Morgan fingerprint density at radius 1 is 1.44 bits per heavy atom. The van der Waals surface area contributed by atoms with Gasteiger partial charge in [-0.25, -0.2) is 4.39 Å². The molecule has 0 spiro atoms. The van der Waals surface area contributed by atoms with Crippen molar-refractivity contribution in [3.63, 3.8) is 0 Å². The Morgan fingerprint density at radius 2 is 2.12 bits per heavy atom. The Morgan fingerprint density at radius 3 is 2.62 bits per heavy atom. The fourth-order valence-electron chi connectivity index (χ4n) is 2.17. The molecule has 1 aromatic carbocycles. The van der Waals surface area contributed by atoms with Gasteiger partial charge in [-0.05, 0) is 42.5 Å². The predicted molar refractivity (Wildman–Crippen MR) is 58.9 cm³/mol. The Hall–Kier alpha value is -1.38. The number of aryl methyl sites for hydroxylation is 1. The fourth-order valence-corrected chi connectivity index (χ4v) is 2.17. The third-order valence-electron chi connectivity index (χ3n) is 3.32. The first kappa shape index (κ1) is 11.1. The summed E-state index contributed by atoms with van der Waals surface area (Å²) in [6, 6.07) is 4.94. The number of benzene rings is 1. The lowest BCUT2D eigenvalue weighted by Crippen LogP contribution is -2.13. The van der Waals surface area contributed by atoms with Crippen LogP contribution in [0, 0.1) is 5.82 Å². The summed E-state index contributed by atoms with van der Waals surface area (Å²) in [6.07, 6.45) is 2.59. The van der Waals surface area contributed by atoms with Crippen molar-refractivity contribution < 1.29 is 14.3 Å². The van der Waals surface area contributed by atoms with E-state index in [9.17, 15) is 9.18 Å². The summed E-state index contributed by atoms with van der Waals surface area (Å²) < 4.78 is 13.4. The lowest BCUT2D eigenvalue weighted by molar-refractivity contribution is -0.137. The fraction of sp³-hybridized carbons (Fsp3) is 0.462. The van der Waals surface area contributed by atoms with Crippen LogP contribution in [0.3, 0.4) is 0 Å². The first-order chi connectivity index (χ1) is 7.55. The molecule has 0 unspecified atom stereocenters. The summed E-state index contributed by atoms with van der Waals surface area (Å²) in [5.74, 6) is -1.06. The van der Waals surface area contributed by atoms with Crippen molar-refractivity contribution in [2.24, 2.45) is 0 Å². The number of carboxylic acids is 1. The Kier molecular flexibility index (Phi) is 2.70. The third kappa shape index (κ3) is 2.08. The van der Waals surface area contributed by atoms with Gasteiger partial charge in [-0.15, -0.1) is 0 Å². The minimum Gasteiger partial charge on any atom is -0.481 e. The molecular weight excluding hydrogens is 207 g/mol. The lowest BCUT2D eigenvalue weighted by Gasteiger charge is -2.14. The van der Waals surface area contributed by atoms with E-state index in [1.165, 1.54) is 12.1 Å². The van der Waals surface area contributed by atoms with E-state index in [1.54, 1.807) is 0 Å². The second-order valence-corrected chi connectivity index (χ2v) is 4.55. The van der Waals surface area contributed by atoms with E-state index in [4.69, 9.17) is 5.11 Å². The number of carboxylic acid groups (broad SMARTS) is 1. The van der Waals surface area contributed by atoms with Crippen molar-refractivity contribution in [1.29, 1.82) is 0 Å². The van der Waals surface area contributed by atoms with E-state index in [1.807, 2.05) is 13.0 Å². The third-order valence-corrected chi connectivity index (χ3v) is 3.32. The molecule has 2 rings (SSSR count). The highest BCUT2D eigenvalue weighted by Crippen LogP contribution is 2.51. The zero-order valence-corrected chi connectivity index (χ0v) is 9.29. The van der Waals surface area contributed by atoms with E-state index in [0.29, 0.717) is 0 Å². The van der Waals surface area contributed by atoms with Gasteiger partial charge in [-0.2, -0.15) is 0 Å². The van der Waals surface area contributed by atoms with Crippen molar-refractivity contribution in [3.05, 3.63) is 35.1 Å². The molecule has 3 heteroatoms. The molecule has 1 fully saturated rings. The maximum Gasteiger partial charge on any atom is 0.304 e. The molecule has 0 atom stereocenters. The molecule has 0 saturated heterocycles. The minimum absolute atomic E-state index is 0.111. The number of aliphatic carboxylic acids is 1. The van der Waals surface area contributed by atoms with Gasteiger partial charge in [0.15, 0.2) is 0 Å². The van der Waals surface area contributed by atoms with Crippen LogP contribution < -0.4 is 0 Å². The van der Waals surface area contributed by atoms with Gasteiger partial charge >= 0.3 is 5.97 Å². The van der Waals surface area contributed by atoms with Gasteiger partial charge in [0, 0.05) is 5.41 Å². The summed E-state index contributed by atoms with van der Waals surface area (Å²) in [7, 11) is 0. The van der Waals surface area contributed by atoms with Gasteiger partial charge < -0.3 is 5.11 Å². The molecule has 0 heterocycles. The van der Waals surface area contributed by atoms with Crippen LogP contribution in [0.4, 0.5) is 4.39 Å². The standard InChI is InChI=1S/C13H15FO2/c1-2-9-5-10(7-11(14)6-9)13(3-4-13)8-12(15)16/h5-7H,2-4,8H2,1H3,(H,15,16). The molecule has 16 heavy (non-hydrogen) atoms. The van der Waals surface area contributed by atoms with Gasteiger partial charge in [0.05, 0.1) is 6.42 Å². The molecule has 1 aromatic rings. The van der Waals surface area contributed by atoms with Crippen LogP contribution in [-0.2, 0) is 16.6 Å². The summed E-state index contributed by atoms with van der Waals surface area (Å²) in [6.45, 7) is 1.97. The number of rotatable bonds is 4. The van der Waals surface area contributed by atoms with Crippen molar-refractivity contribution in [1.82, 2.24) is 0 Å². The van der Waals surface area contributed by atoms with Crippen LogP contribution in [0.1, 0.15) is 37.3 Å². The largest absolute Gasteiger partial charge is 0.481 e. The van der Waals surface area contributed by atoms with Gasteiger partial charge in [0.2, 0.25) is 0 Å². The van der Waals surface area contributed by atoms with E-state index >= 15 is 0 Å². The van der Waals surface area contributed by atoms with Crippen molar-refractivity contribution >= 4 is 5.97 Å². The molecule has 0 aliphatic heterocycles. The minimum atomic E-state index is -0.806. The molecule has 0 bridgehead atoms. The summed E-state index contributed by atoms with van der Waals surface area (Å²) >= 11 is 0. The van der Waals surface area contributed by atoms with E-state index in [0.717, 1.165) is 30.4 Å². The highest BCUT2D eigenvalue weighted by atomic mass is 19.1. The number of hydrogen-bond acceptors (Lipinski definition) is 1. The van der Waals surface area contributed by atoms with Gasteiger partial charge in [0.1, 0.15) is 5.82 Å². The maximum absolute atomic E-state index is 13.4. The number of halogens is 1. The monoisotopic (exact) mass is 222 g/mol. The van der Waals surface area contributed by atoms with Crippen LogP contribution in [0.5, 0.6) is 0 Å². The highest BCUT2D eigenvalue weighted by molar-refractivity contribution is 5.70. The van der Waals surface area contributed by atoms with Gasteiger partial charge in [-0.1, -0.05) is 13.0 Å². The molecule has 1 aliphatic rings. The normalized spacial score (nSPS) is 17.1. The molecule has 86 valence electrons. The first-order valence-corrected chi connectivity index (χ1v) is 5.57. The molecule has 0 radical (unpaired) electrons. The molecule has 0 aromatic heterocycles. The first-order valence-electron chi connectivity index (χ1n) is 5.57. The highest BCUT2D eigenvalue weighted by Gasteiger charge is 2.46. The molecule has 1 N–H and O–H groups in total. The zero-order valence-electron chi connectivity index (χ0n) is 9.29. The summed E-state index contributed by atoms with van der Waals surface area (Å²) in [5, 5.41) is 8.85.